The molecule has 1 heteroatoms. The van der Waals surface area contributed by atoms with E-state index in [9.17, 15) is 0 Å². The third-order valence-corrected chi connectivity index (χ3v) is 9.38. The van der Waals surface area contributed by atoms with Crippen molar-refractivity contribution >= 4 is 21.9 Å². The highest BCUT2D eigenvalue weighted by Crippen LogP contribution is 2.47. The molecular formula is C44H30O. The second-order valence-electron chi connectivity index (χ2n) is 12.0. The molecule has 45 heavy (non-hydrogen) atoms. The molecule has 0 N–H and O–H groups in total. The Balaban J connectivity index is 1.31. The van der Waals surface area contributed by atoms with E-state index in [-0.39, 0.29) is 0 Å². The fourth-order valence-electron chi connectivity index (χ4n) is 7.19. The van der Waals surface area contributed by atoms with E-state index in [1.165, 1.54) is 77.5 Å². The first kappa shape index (κ1) is 25.8. The predicted molar refractivity (Wildman–Crippen MR) is 188 cm³/mol. The van der Waals surface area contributed by atoms with Crippen LogP contribution in [0, 0.1) is 0 Å². The van der Waals surface area contributed by atoms with Gasteiger partial charge in [0.25, 0.3) is 0 Å². The summed E-state index contributed by atoms with van der Waals surface area (Å²) in [6.07, 6.45) is 1.98. The highest BCUT2D eigenvalue weighted by atomic mass is 16.3. The minimum absolute atomic E-state index is 0.940. The molecule has 0 spiro atoms. The fraction of sp³-hybridized carbons (Fsp3) is 0.0455. The van der Waals surface area contributed by atoms with Crippen LogP contribution >= 0.6 is 0 Å². The molecule has 1 aromatic heterocycles. The molecule has 0 unspecified atom stereocenters. The van der Waals surface area contributed by atoms with Crippen LogP contribution in [0.3, 0.4) is 0 Å². The number of hydrogen-bond donors (Lipinski definition) is 0. The van der Waals surface area contributed by atoms with Crippen molar-refractivity contribution < 1.29 is 4.42 Å². The van der Waals surface area contributed by atoms with Crippen LogP contribution in [0.5, 0.6) is 0 Å². The number of hydrogen-bond acceptors (Lipinski definition) is 1. The highest BCUT2D eigenvalue weighted by molar-refractivity contribution is 6.11. The van der Waals surface area contributed by atoms with Gasteiger partial charge < -0.3 is 4.42 Å². The van der Waals surface area contributed by atoms with Crippen molar-refractivity contribution in [2.45, 2.75) is 12.8 Å². The van der Waals surface area contributed by atoms with Gasteiger partial charge in [0.05, 0.1) is 0 Å². The van der Waals surface area contributed by atoms with Crippen LogP contribution < -0.4 is 0 Å². The molecule has 0 bridgehead atoms. The molecule has 0 radical (unpaired) electrons. The summed E-state index contributed by atoms with van der Waals surface area (Å²) >= 11 is 0. The van der Waals surface area contributed by atoms with Gasteiger partial charge in [0.15, 0.2) is 0 Å². The number of benzene rings is 7. The Morgan fingerprint density at radius 3 is 1.69 bits per heavy atom. The lowest BCUT2D eigenvalue weighted by Gasteiger charge is -2.25. The van der Waals surface area contributed by atoms with E-state index in [0.717, 1.165) is 24.0 Å². The smallest absolute Gasteiger partial charge is 0.143 e. The second-order valence-corrected chi connectivity index (χ2v) is 12.0. The van der Waals surface area contributed by atoms with Gasteiger partial charge in [-0.2, -0.15) is 0 Å². The summed E-state index contributed by atoms with van der Waals surface area (Å²) in [6, 6.07) is 57.1. The fourth-order valence-corrected chi connectivity index (χ4v) is 7.19. The molecule has 9 rings (SSSR count). The molecule has 7 aromatic carbocycles. The van der Waals surface area contributed by atoms with E-state index >= 15 is 0 Å². The highest BCUT2D eigenvalue weighted by Gasteiger charge is 2.25. The molecule has 0 atom stereocenters. The summed E-state index contributed by atoms with van der Waals surface area (Å²) in [6.45, 7) is 0. The first-order valence-corrected chi connectivity index (χ1v) is 15.7. The van der Waals surface area contributed by atoms with Gasteiger partial charge in [-0.3, -0.25) is 0 Å². The number of para-hydroxylation sites is 1. The molecule has 0 amide bonds. The van der Waals surface area contributed by atoms with Gasteiger partial charge in [0.2, 0.25) is 0 Å². The molecule has 0 aliphatic heterocycles. The van der Waals surface area contributed by atoms with Gasteiger partial charge >= 0.3 is 0 Å². The first-order chi connectivity index (χ1) is 22.3. The molecule has 0 saturated carbocycles. The Labute approximate surface area is 263 Å². The predicted octanol–water partition coefficient (Wildman–Crippen LogP) is 12.0. The standard InChI is InChI=1S/C44H30O/c1-3-11-29(12-4-1)32-15-9-17-34(25-32)36-27-40(35-18-10-16-33(26-35)30-13-5-2-6-14-30)37-23-21-31-22-24-39-38-19-7-8-20-42(38)45-44(39)43(31)41(37)28-36/h1-20,22,24-28H,21,23H2. The monoisotopic (exact) mass is 574 g/mol. The van der Waals surface area contributed by atoms with Gasteiger partial charge in [-0.25, -0.2) is 0 Å². The van der Waals surface area contributed by atoms with Crippen LogP contribution in [0.15, 0.2) is 162 Å². The Kier molecular flexibility index (Phi) is 6.02. The van der Waals surface area contributed by atoms with Crippen molar-refractivity contribution in [1.29, 1.82) is 0 Å². The van der Waals surface area contributed by atoms with E-state index < -0.39 is 0 Å². The Morgan fingerprint density at radius 1 is 0.378 bits per heavy atom. The molecule has 1 aliphatic rings. The van der Waals surface area contributed by atoms with Crippen molar-refractivity contribution in [3.63, 3.8) is 0 Å². The summed E-state index contributed by atoms with van der Waals surface area (Å²) in [5, 5.41) is 2.35. The van der Waals surface area contributed by atoms with Crippen molar-refractivity contribution in [1.82, 2.24) is 0 Å². The maximum Gasteiger partial charge on any atom is 0.143 e. The molecule has 1 heterocycles. The van der Waals surface area contributed by atoms with Gasteiger partial charge in [-0.15, -0.1) is 0 Å². The van der Waals surface area contributed by atoms with Crippen LogP contribution in [0.4, 0.5) is 0 Å². The average molecular weight is 575 g/mol. The Hall–Kier alpha value is -5.66. The van der Waals surface area contributed by atoms with Gasteiger partial charge in [-0.1, -0.05) is 127 Å². The van der Waals surface area contributed by atoms with Crippen LogP contribution in [-0.2, 0) is 12.8 Å². The lowest BCUT2D eigenvalue weighted by atomic mass is 9.79. The molecule has 0 fully saturated rings. The van der Waals surface area contributed by atoms with Crippen LogP contribution in [-0.4, -0.2) is 0 Å². The normalized spacial score (nSPS) is 12.3. The topological polar surface area (TPSA) is 13.1 Å². The van der Waals surface area contributed by atoms with Crippen LogP contribution in [0.25, 0.3) is 77.6 Å². The summed E-state index contributed by atoms with van der Waals surface area (Å²) in [5.74, 6) is 0. The van der Waals surface area contributed by atoms with Gasteiger partial charge in [-0.05, 0) is 104 Å². The average Bonchev–Trinajstić information content (AvgIpc) is 3.51. The maximum atomic E-state index is 6.65. The second kappa shape index (κ2) is 10.5. The summed E-state index contributed by atoms with van der Waals surface area (Å²) in [7, 11) is 0. The zero-order valence-corrected chi connectivity index (χ0v) is 24.8. The molecule has 0 saturated heterocycles. The maximum absolute atomic E-state index is 6.65. The minimum atomic E-state index is 0.940. The number of fused-ring (bicyclic) bond motifs is 7. The SMILES string of the molecule is c1ccc(-c2cccc(-c3cc(-c4cccc(-c5ccccc5)c4)c4c(c3)-c3c(ccc5c3oc3ccccc35)CC4)c2)cc1. The molecular weight excluding hydrogens is 544 g/mol. The molecule has 1 aliphatic carbocycles. The largest absolute Gasteiger partial charge is 0.455 e. The molecule has 212 valence electrons. The molecule has 1 nitrogen and oxygen atoms in total. The summed E-state index contributed by atoms with van der Waals surface area (Å²) in [5.41, 5.74) is 17.1. The summed E-state index contributed by atoms with van der Waals surface area (Å²) in [4.78, 5) is 0. The van der Waals surface area contributed by atoms with Crippen LogP contribution in [0.2, 0.25) is 0 Å². The lowest BCUT2D eigenvalue weighted by Crippen LogP contribution is -2.06. The van der Waals surface area contributed by atoms with Gasteiger partial charge in [0, 0.05) is 16.3 Å². The van der Waals surface area contributed by atoms with Crippen LogP contribution in [0.1, 0.15) is 11.1 Å². The Bertz CT molecular complexity index is 2360. The van der Waals surface area contributed by atoms with E-state index in [1.807, 2.05) is 0 Å². The number of furan rings is 1. The van der Waals surface area contributed by atoms with Gasteiger partial charge in [0.1, 0.15) is 11.2 Å². The van der Waals surface area contributed by atoms with Crippen molar-refractivity contribution in [2.24, 2.45) is 0 Å². The quantitative estimate of drug-likeness (QED) is 0.204. The number of rotatable bonds is 4. The van der Waals surface area contributed by atoms with Crippen molar-refractivity contribution in [2.75, 3.05) is 0 Å². The minimum Gasteiger partial charge on any atom is -0.455 e. The van der Waals surface area contributed by atoms with E-state index in [2.05, 4.69) is 158 Å². The number of aryl methyl sites for hydroxylation is 1. The Morgan fingerprint density at radius 2 is 0.956 bits per heavy atom. The van der Waals surface area contributed by atoms with Crippen molar-refractivity contribution in [3.05, 3.63) is 169 Å². The molecule has 8 aromatic rings. The van der Waals surface area contributed by atoms with Crippen molar-refractivity contribution in [3.8, 4) is 55.6 Å². The zero-order chi connectivity index (χ0) is 29.7. The van der Waals surface area contributed by atoms with E-state index in [4.69, 9.17) is 4.42 Å². The van der Waals surface area contributed by atoms with E-state index in [0.29, 0.717) is 0 Å². The van der Waals surface area contributed by atoms with E-state index in [1.54, 1.807) is 0 Å². The lowest BCUT2D eigenvalue weighted by molar-refractivity contribution is 0.668. The summed E-state index contributed by atoms with van der Waals surface area (Å²) < 4.78 is 6.65. The first-order valence-electron chi connectivity index (χ1n) is 15.7. The zero-order valence-electron chi connectivity index (χ0n) is 24.8. The third kappa shape index (κ3) is 4.39. The third-order valence-electron chi connectivity index (χ3n) is 9.38.